The number of hydrogen-bond acceptors (Lipinski definition) is 2. The minimum atomic E-state index is -4.66. The van der Waals surface area contributed by atoms with Crippen molar-refractivity contribution in [2.75, 3.05) is 12.3 Å². The molecule has 0 aliphatic heterocycles. The first kappa shape index (κ1) is 16.2. The molecule has 0 heterocycles. The molecular formula is C5H11BF3KOS. The van der Waals surface area contributed by atoms with Gasteiger partial charge in [-0.3, -0.25) is 0 Å². The van der Waals surface area contributed by atoms with Crippen LogP contribution in [0.15, 0.2) is 0 Å². The van der Waals surface area contributed by atoms with Gasteiger partial charge in [0.1, 0.15) is 0 Å². The zero-order chi connectivity index (χ0) is 8.91. The number of hydrogen-bond donors (Lipinski definition) is 1. The molecule has 0 saturated heterocycles. The Kier molecular flexibility index (Phi) is 11.0. The summed E-state index contributed by atoms with van der Waals surface area (Å²) in [4.78, 5) is 0. The Labute approximate surface area is 117 Å². The first-order chi connectivity index (χ1) is 4.95. The average molecular weight is 226 g/mol. The van der Waals surface area contributed by atoms with Gasteiger partial charge >= 0.3 is 58.4 Å². The Hall–Kier alpha value is 1.80. The molecule has 0 aliphatic rings. The molecule has 0 bridgehead atoms. The fourth-order valence-corrected chi connectivity index (χ4v) is 1.36. The van der Waals surface area contributed by atoms with E-state index in [9.17, 15) is 12.9 Å². The third kappa shape index (κ3) is 11.8. The van der Waals surface area contributed by atoms with Gasteiger partial charge in [-0.25, -0.2) is 0 Å². The van der Waals surface area contributed by atoms with E-state index in [0.717, 1.165) is 11.8 Å². The minimum Gasteiger partial charge on any atom is -0.448 e. The van der Waals surface area contributed by atoms with Crippen LogP contribution in [-0.4, -0.2) is 29.6 Å². The van der Waals surface area contributed by atoms with Crippen LogP contribution in [0.2, 0.25) is 0 Å². The standard InChI is InChI=1S/C5H11BF3OS.K/c1-5(2-3-10)11-4-6(7,8)9;/h5,10H,2-4H2,1H3;/q-1;+1. The molecule has 12 heavy (non-hydrogen) atoms. The molecule has 1 nitrogen and oxygen atoms in total. The summed E-state index contributed by atoms with van der Waals surface area (Å²) in [6.07, 6.45) is 0.427. The van der Waals surface area contributed by atoms with Gasteiger partial charge in [0.05, 0.1) is 0 Å². The normalized spacial score (nSPS) is 13.8. The molecule has 1 unspecified atom stereocenters. The molecular weight excluding hydrogens is 215 g/mol. The quantitative estimate of drug-likeness (QED) is 0.599. The summed E-state index contributed by atoms with van der Waals surface area (Å²) < 4.78 is 34.9. The van der Waals surface area contributed by atoms with E-state index in [1.54, 1.807) is 6.92 Å². The van der Waals surface area contributed by atoms with E-state index in [1.807, 2.05) is 0 Å². The summed E-state index contributed by atoms with van der Waals surface area (Å²) in [5, 5.41) is 8.27. The van der Waals surface area contributed by atoms with E-state index >= 15 is 0 Å². The molecule has 68 valence electrons. The molecule has 1 atom stereocenters. The van der Waals surface area contributed by atoms with Crippen molar-refractivity contribution in [2.24, 2.45) is 0 Å². The van der Waals surface area contributed by atoms with Crippen molar-refractivity contribution >= 4 is 18.7 Å². The van der Waals surface area contributed by atoms with Crippen LogP contribution in [0.3, 0.4) is 0 Å². The molecule has 0 aromatic rings. The Morgan fingerprint density at radius 1 is 1.42 bits per heavy atom. The molecule has 0 rings (SSSR count). The second-order valence-electron chi connectivity index (χ2n) is 2.37. The monoisotopic (exact) mass is 226 g/mol. The van der Waals surface area contributed by atoms with Crippen molar-refractivity contribution in [2.45, 2.75) is 18.6 Å². The maximum absolute atomic E-state index is 11.6. The van der Waals surface area contributed by atoms with E-state index in [4.69, 9.17) is 5.11 Å². The van der Waals surface area contributed by atoms with Crippen molar-refractivity contribution in [3.8, 4) is 0 Å². The molecule has 0 saturated carbocycles. The third-order valence-electron chi connectivity index (χ3n) is 1.11. The van der Waals surface area contributed by atoms with Crippen molar-refractivity contribution in [3.63, 3.8) is 0 Å². The van der Waals surface area contributed by atoms with E-state index in [1.165, 1.54) is 0 Å². The molecule has 0 spiro atoms. The van der Waals surface area contributed by atoms with Crippen molar-refractivity contribution in [1.29, 1.82) is 0 Å². The second kappa shape index (κ2) is 8.14. The summed E-state index contributed by atoms with van der Waals surface area (Å²) in [6.45, 7) is -3.02. The van der Waals surface area contributed by atoms with Gasteiger partial charge in [0, 0.05) is 11.9 Å². The molecule has 0 radical (unpaired) electrons. The van der Waals surface area contributed by atoms with Gasteiger partial charge in [0.2, 0.25) is 0 Å². The summed E-state index contributed by atoms with van der Waals surface area (Å²) in [5.74, 6) is 0. The summed E-state index contributed by atoms with van der Waals surface area (Å²) in [6, 6.07) is 0. The van der Waals surface area contributed by atoms with E-state index in [0.29, 0.717) is 6.42 Å². The molecule has 0 amide bonds. The number of aliphatic hydroxyl groups is 1. The molecule has 0 aliphatic carbocycles. The summed E-state index contributed by atoms with van der Waals surface area (Å²) in [5.41, 5.74) is -0.763. The van der Waals surface area contributed by atoms with Gasteiger partial charge in [-0.2, -0.15) is 11.8 Å². The SMILES string of the molecule is CC(CCO)SC[B-](F)(F)F.[K+]. The number of rotatable bonds is 5. The first-order valence-corrected chi connectivity index (χ1v) is 4.44. The van der Waals surface area contributed by atoms with Crippen LogP contribution in [0.5, 0.6) is 0 Å². The van der Waals surface area contributed by atoms with Crippen molar-refractivity contribution in [3.05, 3.63) is 0 Å². The maximum atomic E-state index is 11.6. The summed E-state index contributed by atoms with van der Waals surface area (Å²) in [7, 11) is 0. The van der Waals surface area contributed by atoms with Gasteiger partial charge < -0.3 is 18.1 Å². The number of aliphatic hydroxyl groups excluding tert-OH is 1. The van der Waals surface area contributed by atoms with Gasteiger partial charge in [-0.1, -0.05) is 6.92 Å². The van der Waals surface area contributed by atoms with Crippen LogP contribution in [0, 0.1) is 0 Å². The van der Waals surface area contributed by atoms with Crippen molar-refractivity contribution < 1.29 is 69.4 Å². The van der Waals surface area contributed by atoms with Crippen LogP contribution in [0.1, 0.15) is 13.3 Å². The smallest absolute Gasteiger partial charge is 0.448 e. The van der Waals surface area contributed by atoms with Gasteiger partial charge in [-0.15, -0.1) is 0 Å². The Morgan fingerprint density at radius 2 is 1.92 bits per heavy atom. The predicted octanol–water partition coefficient (Wildman–Crippen LogP) is -1.12. The second-order valence-corrected chi connectivity index (χ2v) is 3.84. The van der Waals surface area contributed by atoms with Crippen LogP contribution in [0.25, 0.3) is 0 Å². The fourth-order valence-electron chi connectivity index (χ4n) is 0.539. The molecule has 0 fully saturated rings. The van der Waals surface area contributed by atoms with Crippen LogP contribution >= 0.6 is 11.8 Å². The summed E-state index contributed by atoms with van der Waals surface area (Å²) >= 11 is 0.851. The van der Waals surface area contributed by atoms with Crippen LogP contribution < -0.4 is 51.4 Å². The fraction of sp³-hybridized carbons (Fsp3) is 1.00. The van der Waals surface area contributed by atoms with Crippen molar-refractivity contribution in [1.82, 2.24) is 0 Å². The van der Waals surface area contributed by atoms with Crippen LogP contribution in [0.4, 0.5) is 12.9 Å². The number of thioether (sulfide) groups is 1. The van der Waals surface area contributed by atoms with E-state index in [-0.39, 0.29) is 63.2 Å². The largest absolute Gasteiger partial charge is 1.00 e. The number of halogens is 3. The average Bonchev–Trinajstić information content (AvgIpc) is 1.83. The molecule has 7 heteroatoms. The van der Waals surface area contributed by atoms with E-state index in [2.05, 4.69) is 0 Å². The predicted molar refractivity (Wildman–Crippen MR) is 42.7 cm³/mol. The molecule has 0 aromatic carbocycles. The zero-order valence-electron chi connectivity index (χ0n) is 7.27. The van der Waals surface area contributed by atoms with Crippen LogP contribution in [-0.2, 0) is 0 Å². The molecule has 1 N–H and O–H groups in total. The first-order valence-electron chi connectivity index (χ1n) is 3.39. The Morgan fingerprint density at radius 3 is 2.25 bits per heavy atom. The van der Waals surface area contributed by atoms with E-state index < -0.39 is 12.6 Å². The van der Waals surface area contributed by atoms with Gasteiger partial charge in [0.25, 0.3) is 0 Å². The Balaban J connectivity index is 0. The van der Waals surface area contributed by atoms with Gasteiger partial charge in [-0.05, 0) is 12.1 Å². The molecule has 0 aromatic heterocycles. The minimum absolute atomic E-state index is 0. The zero-order valence-corrected chi connectivity index (χ0v) is 11.2. The third-order valence-corrected chi connectivity index (χ3v) is 2.48. The topological polar surface area (TPSA) is 20.2 Å². The maximum Gasteiger partial charge on any atom is 1.00 e. The van der Waals surface area contributed by atoms with Gasteiger partial charge in [0.15, 0.2) is 0 Å². The Bertz CT molecular complexity index is 113.